The number of hydrogen-bond donors (Lipinski definition) is 2. The van der Waals surface area contributed by atoms with Gasteiger partial charge in [0.05, 0.1) is 5.02 Å². The SMILES string of the molecule is Cc1cc(C)c(NC(=O)c2ccc(Cl)c(Br)c2)cc1N. The molecule has 0 bridgehead atoms. The first-order valence-electron chi connectivity index (χ1n) is 6.01. The largest absolute Gasteiger partial charge is 0.398 e. The molecule has 2 rings (SSSR count). The molecule has 0 aliphatic rings. The quantitative estimate of drug-likeness (QED) is 0.778. The second-order valence-corrected chi connectivity index (χ2v) is 5.87. The third-order valence-corrected chi connectivity index (χ3v) is 4.26. The minimum absolute atomic E-state index is 0.200. The van der Waals surface area contributed by atoms with Crippen molar-refractivity contribution < 1.29 is 4.79 Å². The van der Waals surface area contributed by atoms with E-state index in [1.54, 1.807) is 24.3 Å². The Kier molecular flexibility index (Phi) is 4.35. The summed E-state index contributed by atoms with van der Waals surface area (Å²) in [5.74, 6) is -0.200. The molecule has 0 aliphatic carbocycles. The zero-order valence-corrected chi connectivity index (χ0v) is 13.5. The van der Waals surface area contributed by atoms with E-state index in [4.69, 9.17) is 17.3 Å². The predicted molar refractivity (Wildman–Crippen MR) is 87.4 cm³/mol. The fourth-order valence-electron chi connectivity index (χ4n) is 1.84. The number of benzene rings is 2. The molecule has 1 amide bonds. The standard InChI is InChI=1S/C15H14BrClN2O/c1-8-5-9(2)14(7-13(8)18)19-15(20)10-3-4-12(17)11(16)6-10/h3-7H,18H2,1-2H3,(H,19,20). The first-order chi connectivity index (χ1) is 9.38. The van der Waals surface area contributed by atoms with Crippen LogP contribution in [0.1, 0.15) is 21.5 Å². The van der Waals surface area contributed by atoms with Crippen molar-refractivity contribution in [3.05, 3.63) is 56.5 Å². The highest BCUT2D eigenvalue weighted by Crippen LogP contribution is 2.25. The smallest absolute Gasteiger partial charge is 0.255 e. The van der Waals surface area contributed by atoms with Crippen molar-refractivity contribution in [3.63, 3.8) is 0 Å². The Balaban J connectivity index is 2.27. The number of nitrogens with two attached hydrogens (primary N) is 1. The third-order valence-electron chi connectivity index (χ3n) is 3.04. The summed E-state index contributed by atoms with van der Waals surface area (Å²) in [5.41, 5.74) is 9.73. The summed E-state index contributed by atoms with van der Waals surface area (Å²) < 4.78 is 0.687. The first kappa shape index (κ1) is 14.9. The number of halogens is 2. The number of amides is 1. The monoisotopic (exact) mass is 352 g/mol. The van der Waals surface area contributed by atoms with Gasteiger partial charge in [0.2, 0.25) is 0 Å². The molecule has 0 fully saturated rings. The van der Waals surface area contributed by atoms with E-state index in [0.29, 0.717) is 26.4 Å². The molecular weight excluding hydrogens is 340 g/mol. The van der Waals surface area contributed by atoms with Crippen molar-refractivity contribution in [3.8, 4) is 0 Å². The van der Waals surface area contributed by atoms with Gasteiger partial charge < -0.3 is 11.1 Å². The molecule has 0 aromatic heterocycles. The Hall–Kier alpha value is -1.52. The molecule has 3 N–H and O–H groups in total. The van der Waals surface area contributed by atoms with Crippen molar-refractivity contribution >= 4 is 44.8 Å². The maximum Gasteiger partial charge on any atom is 0.255 e. The van der Waals surface area contributed by atoms with Gasteiger partial charge in [0.15, 0.2) is 0 Å². The Morgan fingerprint density at radius 1 is 1.20 bits per heavy atom. The van der Waals surface area contributed by atoms with Gasteiger partial charge in [-0.25, -0.2) is 0 Å². The van der Waals surface area contributed by atoms with E-state index in [2.05, 4.69) is 21.2 Å². The van der Waals surface area contributed by atoms with Crippen molar-refractivity contribution in [2.75, 3.05) is 11.1 Å². The van der Waals surface area contributed by atoms with E-state index in [-0.39, 0.29) is 5.91 Å². The molecular formula is C15H14BrClN2O. The van der Waals surface area contributed by atoms with E-state index in [1.807, 2.05) is 19.9 Å². The van der Waals surface area contributed by atoms with Gasteiger partial charge >= 0.3 is 0 Å². The van der Waals surface area contributed by atoms with Crippen LogP contribution in [0.5, 0.6) is 0 Å². The Morgan fingerprint density at radius 3 is 2.55 bits per heavy atom. The van der Waals surface area contributed by atoms with Crippen LogP contribution in [0.2, 0.25) is 5.02 Å². The van der Waals surface area contributed by atoms with Crippen molar-refractivity contribution in [2.45, 2.75) is 13.8 Å². The maximum atomic E-state index is 12.2. The molecule has 2 aromatic carbocycles. The molecule has 0 saturated carbocycles. The van der Waals surface area contributed by atoms with Crippen LogP contribution < -0.4 is 11.1 Å². The second-order valence-electron chi connectivity index (χ2n) is 4.61. The number of nitrogen functional groups attached to an aromatic ring is 1. The lowest BCUT2D eigenvalue weighted by Gasteiger charge is -2.11. The lowest BCUT2D eigenvalue weighted by Crippen LogP contribution is -2.13. The van der Waals surface area contributed by atoms with Crippen molar-refractivity contribution in [1.29, 1.82) is 0 Å². The fourth-order valence-corrected chi connectivity index (χ4v) is 2.33. The van der Waals surface area contributed by atoms with Crippen molar-refractivity contribution in [2.24, 2.45) is 0 Å². The number of rotatable bonds is 2. The number of aryl methyl sites for hydroxylation is 2. The molecule has 20 heavy (non-hydrogen) atoms. The molecule has 0 spiro atoms. The van der Waals surface area contributed by atoms with Gasteiger partial charge in [0.25, 0.3) is 5.91 Å². The van der Waals surface area contributed by atoms with E-state index >= 15 is 0 Å². The average Bonchev–Trinajstić information content (AvgIpc) is 2.39. The van der Waals surface area contributed by atoms with Gasteiger partial charge in [-0.2, -0.15) is 0 Å². The van der Waals surface area contributed by atoms with E-state index in [9.17, 15) is 4.79 Å². The molecule has 3 nitrogen and oxygen atoms in total. The molecule has 0 aliphatic heterocycles. The van der Waals surface area contributed by atoms with Crippen LogP contribution in [0, 0.1) is 13.8 Å². The fraction of sp³-hybridized carbons (Fsp3) is 0.133. The van der Waals surface area contributed by atoms with Crippen LogP contribution in [0.25, 0.3) is 0 Å². The van der Waals surface area contributed by atoms with Crippen LogP contribution in [-0.2, 0) is 0 Å². The van der Waals surface area contributed by atoms with Gasteiger partial charge in [-0.3, -0.25) is 4.79 Å². The normalized spacial score (nSPS) is 10.4. The molecule has 0 atom stereocenters. The number of carbonyl (C=O) groups excluding carboxylic acids is 1. The number of carbonyl (C=O) groups is 1. The first-order valence-corrected chi connectivity index (χ1v) is 7.18. The molecule has 0 saturated heterocycles. The molecule has 0 radical (unpaired) electrons. The molecule has 0 heterocycles. The summed E-state index contributed by atoms with van der Waals surface area (Å²) in [6.07, 6.45) is 0. The van der Waals surface area contributed by atoms with Crippen LogP contribution in [0.15, 0.2) is 34.8 Å². The number of anilines is 2. The minimum Gasteiger partial charge on any atom is -0.398 e. The highest BCUT2D eigenvalue weighted by Gasteiger charge is 2.10. The molecule has 2 aromatic rings. The van der Waals surface area contributed by atoms with Gasteiger partial charge in [0, 0.05) is 21.4 Å². The van der Waals surface area contributed by atoms with Crippen LogP contribution in [0.4, 0.5) is 11.4 Å². The van der Waals surface area contributed by atoms with E-state index in [1.165, 1.54) is 0 Å². The van der Waals surface area contributed by atoms with Gasteiger partial charge in [-0.15, -0.1) is 0 Å². The summed E-state index contributed by atoms with van der Waals surface area (Å²) >= 11 is 9.22. The number of nitrogens with one attached hydrogen (secondary N) is 1. The number of hydrogen-bond acceptors (Lipinski definition) is 2. The topological polar surface area (TPSA) is 55.1 Å². The predicted octanol–water partition coefficient (Wildman–Crippen LogP) is 4.55. The molecule has 5 heteroatoms. The van der Waals surface area contributed by atoms with E-state index < -0.39 is 0 Å². The molecule has 104 valence electrons. The zero-order valence-electron chi connectivity index (χ0n) is 11.1. The zero-order chi connectivity index (χ0) is 14.9. The summed E-state index contributed by atoms with van der Waals surface area (Å²) in [6.45, 7) is 3.87. The highest BCUT2D eigenvalue weighted by atomic mass is 79.9. The van der Waals surface area contributed by atoms with E-state index in [0.717, 1.165) is 11.1 Å². The van der Waals surface area contributed by atoms with Crippen LogP contribution in [-0.4, -0.2) is 5.91 Å². The Bertz CT molecular complexity index is 686. The summed E-state index contributed by atoms with van der Waals surface area (Å²) in [7, 11) is 0. The summed E-state index contributed by atoms with van der Waals surface area (Å²) in [6, 6.07) is 8.76. The Labute approximate surface area is 131 Å². The lowest BCUT2D eigenvalue weighted by atomic mass is 10.1. The van der Waals surface area contributed by atoms with Gasteiger partial charge in [-0.1, -0.05) is 17.7 Å². The Morgan fingerprint density at radius 2 is 1.90 bits per heavy atom. The lowest BCUT2D eigenvalue weighted by molar-refractivity contribution is 0.102. The van der Waals surface area contributed by atoms with Gasteiger partial charge in [-0.05, 0) is 65.2 Å². The third kappa shape index (κ3) is 3.14. The van der Waals surface area contributed by atoms with Crippen LogP contribution in [0.3, 0.4) is 0 Å². The minimum atomic E-state index is -0.200. The average molecular weight is 354 g/mol. The van der Waals surface area contributed by atoms with Gasteiger partial charge in [0.1, 0.15) is 0 Å². The summed E-state index contributed by atoms with van der Waals surface area (Å²) in [5, 5.41) is 3.43. The van der Waals surface area contributed by atoms with Crippen molar-refractivity contribution in [1.82, 2.24) is 0 Å². The highest BCUT2D eigenvalue weighted by molar-refractivity contribution is 9.10. The maximum absolute atomic E-state index is 12.2. The second kappa shape index (κ2) is 5.85. The molecule has 0 unspecified atom stereocenters. The summed E-state index contributed by atoms with van der Waals surface area (Å²) in [4.78, 5) is 12.2. The van der Waals surface area contributed by atoms with Crippen LogP contribution >= 0.6 is 27.5 Å².